The fourth-order valence-electron chi connectivity index (χ4n) is 2.20. The van der Waals surface area contributed by atoms with E-state index in [1.54, 1.807) is 24.3 Å². The topological polar surface area (TPSA) is 106 Å². The first kappa shape index (κ1) is 20.7. The number of rotatable bonds is 5. The second-order valence-corrected chi connectivity index (χ2v) is 6.81. The van der Waals surface area contributed by atoms with Crippen molar-refractivity contribution in [3.8, 4) is 0 Å². The van der Waals surface area contributed by atoms with Gasteiger partial charge in [-0.05, 0) is 30.3 Å². The van der Waals surface area contributed by atoms with Gasteiger partial charge in [0.25, 0.3) is 0 Å². The molecule has 0 amide bonds. The molecule has 3 rings (SSSR count). The Morgan fingerprint density at radius 2 is 1.66 bits per heavy atom. The molecule has 2 N–H and O–H groups in total. The van der Waals surface area contributed by atoms with Crippen molar-refractivity contribution in [1.29, 1.82) is 0 Å². The molecule has 0 radical (unpaired) electrons. The molecule has 29 heavy (non-hydrogen) atoms. The third-order valence-electron chi connectivity index (χ3n) is 3.52. The molecule has 2 heterocycles. The maximum atomic E-state index is 12.7. The van der Waals surface area contributed by atoms with Crippen molar-refractivity contribution in [1.82, 2.24) is 15.0 Å². The van der Waals surface area contributed by atoms with E-state index < -0.39 is 22.4 Å². The normalized spacial score (nSPS) is 11.2. The zero-order valence-corrected chi connectivity index (χ0v) is 16.4. The van der Waals surface area contributed by atoms with Gasteiger partial charge in [-0.1, -0.05) is 27.5 Å². The number of pyridine rings is 1. The highest BCUT2D eigenvalue weighted by atomic mass is 79.9. The Morgan fingerprint density at radius 1 is 1.03 bits per heavy atom. The van der Waals surface area contributed by atoms with E-state index in [1.807, 2.05) is 0 Å². The summed E-state index contributed by atoms with van der Waals surface area (Å²) in [5.41, 5.74) is -1.07. The van der Waals surface area contributed by atoms with Gasteiger partial charge in [0.1, 0.15) is 6.33 Å². The summed E-state index contributed by atoms with van der Waals surface area (Å²) in [6, 6.07) is 7.43. The molecule has 0 unspecified atom stereocenters. The molecule has 0 saturated carbocycles. The van der Waals surface area contributed by atoms with Crippen LogP contribution in [0.5, 0.6) is 0 Å². The van der Waals surface area contributed by atoms with E-state index in [1.165, 1.54) is 0 Å². The van der Waals surface area contributed by atoms with Crippen LogP contribution in [0.4, 0.5) is 42.0 Å². The van der Waals surface area contributed by atoms with Crippen LogP contribution in [0.3, 0.4) is 0 Å². The van der Waals surface area contributed by atoms with Crippen molar-refractivity contribution >= 4 is 56.4 Å². The lowest BCUT2D eigenvalue weighted by atomic mass is 10.2. The van der Waals surface area contributed by atoms with E-state index in [-0.39, 0.29) is 22.5 Å². The van der Waals surface area contributed by atoms with E-state index in [0.29, 0.717) is 18.0 Å². The van der Waals surface area contributed by atoms with Crippen molar-refractivity contribution < 1.29 is 18.1 Å². The molecule has 0 aliphatic carbocycles. The Morgan fingerprint density at radius 3 is 2.21 bits per heavy atom. The third-order valence-corrected chi connectivity index (χ3v) is 4.33. The molecule has 0 fully saturated rings. The number of alkyl halides is 3. The lowest BCUT2D eigenvalue weighted by molar-refractivity contribution is -0.383. The fraction of sp³-hybridized carbons (Fsp3) is 0.0625. The minimum atomic E-state index is -4.63. The number of nitrogens with zero attached hydrogens (tertiary/aromatic N) is 4. The van der Waals surface area contributed by atoms with Crippen LogP contribution in [-0.2, 0) is 6.18 Å². The number of halogens is 5. The van der Waals surface area contributed by atoms with E-state index in [4.69, 9.17) is 11.6 Å². The maximum absolute atomic E-state index is 12.7. The summed E-state index contributed by atoms with van der Waals surface area (Å²) in [6.07, 6.45) is -3.02. The van der Waals surface area contributed by atoms with E-state index in [0.717, 1.165) is 10.8 Å². The Labute approximate surface area is 174 Å². The molecule has 2 aromatic heterocycles. The molecule has 0 saturated heterocycles. The van der Waals surface area contributed by atoms with Crippen molar-refractivity contribution in [2.24, 2.45) is 0 Å². The van der Waals surface area contributed by atoms with Crippen LogP contribution >= 0.6 is 27.5 Å². The largest absolute Gasteiger partial charge is 0.417 e. The van der Waals surface area contributed by atoms with Crippen molar-refractivity contribution in [3.63, 3.8) is 0 Å². The summed E-state index contributed by atoms with van der Waals surface area (Å²) in [5.74, 6) is -0.646. The van der Waals surface area contributed by atoms with E-state index >= 15 is 0 Å². The average Bonchev–Trinajstić information content (AvgIpc) is 2.64. The van der Waals surface area contributed by atoms with Crippen LogP contribution in [0.2, 0.25) is 5.02 Å². The first-order valence-electron chi connectivity index (χ1n) is 7.67. The van der Waals surface area contributed by atoms with Gasteiger partial charge in [0, 0.05) is 16.4 Å². The smallest absolute Gasteiger partial charge is 0.334 e. The zero-order chi connectivity index (χ0) is 21.2. The molecule has 0 bridgehead atoms. The fourth-order valence-corrected chi connectivity index (χ4v) is 2.68. The van der Waals surface area contributed by atoms with Gasteiger partial charge in [0.05, 0.1) is 15.5 Å². The van der Waals surface area contributed by atoms with Crippen LogP contribution in [0.1, 0.15) is 5.56 Å². The minimum Gasteiger partial charge on any atom is -0.334 e. The molecular formula is C16H9BrClF3N6O2. The van der Waals surface area contributed by atoms with Gasteiger partial charge >= 0.3 is 11.9 Å². The molecule has 150 valence electrons. The number of nitro groups is 1. The number of hydrogen-bond acceptors (Lipinski definition) is 7. The van der Waals surface area contributed by atoms with E-state index in [9.17, 15) is 23.3 Å². The van der Waals surface area contributed by atoms with Gasteiger partial charge in [0.2, 0.25) is 11.6 Å². The third kappa shape index (κ3) is 4.90. The van der Waals surface area contributed by atoms with Gasteiger partial charge < -0.3 is 10.6 Å². The summed E-state index contributed by atoms with van der Waals surface area (Å²) in [7, 11) is 0. The molecule has 0 spiro atoms. The average molecular weight is 490 g/mol. The number of nitrogens with one attached hydrogen (secondary N) is 2. The predicted octanol–water partition coefficient (Wildman–Crippen LogP) is 5.70. The van der Waals surface area contributed by atoms with Crippen molar-refractivity contribution in [3.05, 3.63) is 68.0 Å². The van der Waals surface area contributed by atoms with Gasteiger partial charge in [-0.15, -0.1) is 0 Å². The molecule has 0 aliphatic rings. The quantitative estimate of drug-likeness (QED) is 0.350. The number of hydrogen-bond donors (Lipinski definition) is 2. The highest BCUT2D eigenvalue weighted by molar-refractivity contribution is 9.10. The second-order valence-electron chi connectivity index (χ2n) is 5.49. The van der Waals surface area contributed by atoms with Gasteiger partial charge in [-0.2, -0.15) is 13.2 Å². The summed E-state index contributed by atoms with van der Waals surface area (Å²) in [6.45, 7) is 0. The molecule has 0 atom stereocenters. The Bertz CT molecular complexity index is 1070. The molecule has 0 aliphatic heterocycles. The summed E-state index contributed by atoms with van der Waals surface area (Å²) < 4.78 is 39.0. The number of anilines is 4. The first-order valence-corrected chi connectivity index (χ1v) is 8.84. The molecule has 8 nitrogen and oxygen atoms in total. The van der Waals surface area contributed by atoms with Crippen molar-refractivity contribution in [2.45, 2.75) is 6.18 Å². The first-order chi connectivity index (χ1) is 13.6. The maximum Gasteiger partial charge on any atom is 0.417 e. The standard InChI is InChI=1S/C16H9BrClF3N6O2/c17-9-1-3-10(4-2-9)25-14-12(27(28)29)15(24-7-23-14)26-13-11(18)5-8(6-22-13)16(19,20)21/h1-7H,(H2,22,23,24,25,26). The highest BCUT2D eigenvalue weighted by Crippen LogP contribution is 2.36. The molecule has 13 heteroatoms. The van der Waals surface area contributed by atoms with Crippen LogP contribution in [0, 0.1) is 10.1 Å². The lowest BCUT2D eigenvalue weighted by Crippen LogP contribution is -2.08. The highest BCUT2D eigenvalue weighted by Gasteiger charge is 2.32. The predicted molar refractivity (Wildman–Crippen MR) is 104 cm³/mol. The summed E-state index contributed by atoms with van der Waals surface area (Å²) in [5, 5.41) is 16.5. The molecule has 3 aromatic rings. The Kier molecular flexibility index (Phi) is 5.84. The van der Waals surface area contributed by atoms with E-state index in [2.05, 4.69) is 41.5 Å². The Hall–Kier alpha value is -2.99. The van der Waals surface area contributed by atoms with Crippen LogP contribution in [-0.4, -0.2) is 19.9 Å². The van der Waals surface area contributed by atoms with Gasteiger partial charge in [-0.3, -0.25) is 10.1 Å². The Balaban J connectivity index is 1.96. The summed E-state index contributed by atoms with van der Waals surface area (Å²) >= 11 is 9.12. The second kappa shape index (κ2) is 8.17. The van der Waals surface area contributed by atoms with Crippen LogP contribution in [0.15, 0.2) is 47.3 Å². The molecule has 1 aromatic carbocycles. The summed E-state index contributed by atoms with van der Waals surface area (Å²) in [4.78, 5) is 22.1. The van der Waals surface area contributed by atoms with Crippen LogP contribution in [0.25, 0.3) is 0 Å². The van der Waals surface area contributed by atoms with Gasteiger partial charge in [0.15, 0.2) is 5.82 Å². The number of aromatic nitrogens is 3. The SMILES string of the molecule is O=[N+]([O-])c1c(Nc2ccc(Br)cc2)ncnc1Nc1ncc(C(F)(F)F)cc1Cl. The monoisotopic (exact) mass is 488 g/mol. The van der Waals surface area contributed by atoms with Crippen molar-refractivity contribution in [2.75, 3.05) is 10.6 Å². The minimum absolute atomic E-state index is 0.127. The molecular weight excluding hydrogens is 481 g/mol. The zero-order valence-electron chi connectivity index (χ0n) is 14.0. The number of benzene rings is 1. The lowest BCUT2D eigenvalue weighted by Gasteiger charge is -2.12. The van der Waals surface area contributed by atoms with Gasteiger partial charge in [-0.25, -0.2) is 15.0 Å². The van der Waals surface area contributed by atoms with Crippen LogP contribution < -0.4 is 10.6 Å².